The van der Waals surface area contributed by atoms with E-state index in [1.807, 2.05) is 49.4 Å². The van der Waals surface area contributed by atoms with E-state index in [4.69, 9.17) is 0 Å². The number of para-hydroxylation sites is 2. The third-order valence-corrected chi connectivity index (χ3v) is 3.64. The average Bonchev–Trinajstić information content (AvgIpc) is 2.77. The predicted octanol–water partition coefficient (Wildman–Crippen LogP) is 2.74. The van der Waals surface area contributed by atoms with Crippen molar-refractivity contribution < 1.29 is 9.59 Å². The quantitative estimate of drug-likeness (QED) is 0.879. The van der Waals surface area contributed by atoms with Crippen molar-refractivity contribution in [2.75, 3.05) is 10.2 Å². The summed E-state index contributed by atoms with van der Waals surface area (Å²) < 4.78 is 0. The highest BCUT2D eigenvalue weighted by molar-refractivity contribution is 6.23. The fourth-order valence-electron chi connectivity index (χ4n) is 2.52. The number of aryl methyl sites for hydroxylation is 1. The van der Waals surface area contributed by atoms with Crippen LogP contribution in [0, 0.1) is 6.92 Å². The molecule has 0 aromatic heterocycles. The summed E-state index contributed by atoms with van der Waals surface area (Å²) in [4.78, 5) is 25.9. The predicted molar refractivity (Wildman–Crippen MR) is 82.1 cm³/mol. The van der Waals surface area contributed by atoms with Crippen LogP contribution in [0.3, 0.4) is 0 Å². The van der Waals surface area contributed by atoms with Gasteiger partial charge in [0.1, 0.15) is 6.04 Å². The molecular weight excluding hydrogens is 264 g/mol. The van der Waals surface area contributed by atoms with Crippen LogP contribution >= 0.6 is 0 Å². The van der Waals surface area contributed by atoms with Crippen LogP contribution in [0.1, 0.15) is 12.0 Å². The maximum Gasteiger partial charge on any atom is 0.256 e. The van der Waals surface area contributed by atoms with Gasteiger partial charge in [0, 0.05) is 5.69 Å². The average molecular weight is 280 g/mol. The Morgan fingerprint density at radius 1 is 1.00 bits per heavy atom. The number of amides is 2. The highest BCUT2D eigenvalue weighted by atomic mass is 16.2. The number of hydrogen-bond acceptors (Lipinski definition) is 3. The summed E-state index contributed by atoms with van der Waals surface area (Å²) in [7, 11) is 0. The Morgan fingerprint density at radius 3 is 2.38 bits per heavy atom. The molecule has 1 aliphatic rings. The van der Waals surface area contributed by atoms with Crippen molar-refractivity contribution in [1.82, 2.24) is 0 Å². The Labute approximate surface area is 123 Å². The molecule has 0 radical (unpaired) electrons. The van der Waals surface area contributed by atoms with Crippen molar-refractivity contribution in [3.8, 4) is 0 Å². The molecule has 1 saturated heterocycles. The van der Waals surface area contributed by atoms with E-state index in [1.165, 1.54) is 4.90 Å². The van der Waals surface area contributed by atoms with Crippen LogP contribution in [0.2, 0.25) is 0 Å². The second kappa shape index (κ2) is 5.40. The Hall–Kier alpha value is -2.62. The van der Waals surface area contributed by atoms with Gasteiger partial charge in [-0.3, -0.25) is 9.59 Å². The van der Waals surface area contributed by atoms with E-state index < -0.39 is 6.04 Å². The van der Waals surface area contributed by atoms with Crippen LogP contribution in [-0.4, -0.2) is 17.9 Å². The standard InChI is InChI=1S/C17H16N2O2/c1-12-7-5-6-10-14(12)18-15-11-16(20)19(17(15)21)13-8-3-2-4-9-13/h2-10,15,18H,11H2,1H3/t15-/m0/s1. The highest BCUT2D eigenvalue weighted by Crippen LogP contribution is 2.25. The first-order valence-corrected chi connectivity index (χ1v) is 6.91. The third kappa shape index (κ3) is 2.52. The van der Waals surface area contributed by atoms with Crippen molar-refractivity contribution in [3.05, 3.63) is 60.2 Å². The van der Waals surface area contributed by atoms with E-state index in [0.717, 1.165) is 11.3 Å². The van der Waals surface area contributed by atoms with Crippen molar-refractivity contribution in [3.63, 3.8) is 0 Å². The number of imide groups is 1. The van der Waals surface area contributed by atoms with Crippen LogP contribution in [0.25, 0.3) is 0 Å². The van der Waals surface area contributed by atoms with Crippen LogP contribution in [0.4, 0.5) is 11.4 Å². The molecule has 1 aliphatic heterocycles. The Balaban J connectivity index is 1.83. The third-order valence-electron chi connectivity index (χ3n) is 3.64. The molecule has 2 amide bonds. The van der Waals surface area contributed by atoms with Crippen molar-refractivity contribution in [2.24, 2.45) is 0 Å². The summed E-state index contributed by atoms with van der Waals surface area (Å²) in [5.74, 6) is -0.369. The topological polar surface area (TPSA) is 49.4 Å². The summed E-state index contributed by atoms with van der Waals surface area (Å²) in [5.41, 5.74) is 2.57. The summed E-state index contributed by atoms with van der Waals surface area (Å²) in [6, 6.07) is 16.3. The smallest absolute Gasteiger partial charge is 0.256 e. The van der Waals surface area contributed by atoms with Gasteiger partial charge < -0.3 is 5.32 Å². The van der Waals surface area contributed by atoms with Gasteiger partial charge in [-0.05, 0) is 30.7 Å². The van der Waals surface area contributed by atoms with Gasteiger partial charge in [0.25, 0.3) is 5.91 Å². The second-order valence-electron chi connectivity index (χ2n) is 5.12. The Bertz CT molecular complexity index is 682. The Kier molecular flexibility index (Phi) is 3.44. The lowest BCUT2D eigenvalue weighted by atomic mass is 10.1. The number of benzene rings is 2. The number of hydrogen-bond donors (Lipinski definition) is 1. The van der Waals surface area contributed by atoms with Crippen molar-refractivity contribution in [1.29, 1.82) is 0 Å². The molecule has 3 rings (SSSR count). The lowest BCUT2D eigenvalue weighted by molar-refractivity contribution is -0.121. The van der Waals surface area contributed by atoms with E-state index in [1.54, 1.807) is 12.1 Å². The number of nitrogens with zero attached hydrogens (tertiary/aromatic N) is 1. The molecule has 0 aliphatic carbocycles. The van der Waals surface area contributed by atoms with Gasteiger partial charge in [-0.2, -0.15) is 0 Å². The monoisotopic (exact) mass is 280 g/mol. The second-order valence-corrected chi connectivity index (χ2v) is 5.12. The lowest BCUT2D eigenvalue weighted by Crippen LogP contribution is -2.34. The fourth-order valence-corrected chi connectivity index (χ4v) is 2.52. The van der Waals surface area contributed by atoms with Gasteiger partial charge in [-0.15, -0.1) is 0 Å². The highest BCUT2D eigenvalue weighted by Gasteiger charge is 2.39. The van der Waals surface area contributed by atoms with E-state index in [9.17, 15) is 9.59 Å². The number of nitrogens with one attached hydrogen (secondary N) is 1. The SMILES string of the molecule is Cc1ccccc1N[C@H]1CC(=O)N(c2ccccc2)C1=O. The van der Waals surface area contributed by atoms with Gasteiger partial charge in [0.05, 0.1) is 12.1 Å². The minimum atomic E-state index is -0.501. The van der Waals surface area contributed by atoms with E-state index in [0.29, 0.717) is 5.69 Å². The molecule has 1 N–H and O–H groups in total. The minimum absolute atomic E-state index is 0.169. The van der Waals surface area contributed by atoms with Crippen LogP contribution in [0.15, 0.2) is 54.6 Å². The maximum atomic E-state index is 12.5. The molecule has 0 unspecified atom stereocenters. The zero-order valence-electron chi connectivity index (χ0n) is 11.7. The van der Waals surface area contributed by atoms with Crippen LogP contribution < -0.4 is 10.2 Å². The molecule has 1 heterocycles. The van der Waals surface area contributed by atoms with E-state index in [-0.39, 0.29) is 18.2 Å². The first kappa shape index (κ1) is 13.4. The maximum absolute atomic E-state index is 12.5. The molecule has 106 valence electrons. The molecule has 0 saturated carbocycles. The van der Waals surface area contributed by atoms with Gasteiger partial charge in [-0.25, -0.2) is 4.90 Å². The molecule has 1 atom stereocenters. The Morgan fingerprint density at radius 2 is 1.67 bits per heavy atom. The molecule has 0 bridgehead atoms. The van der Waals surface area contributed by atoms with E-state index >= 15 is 0 Å². The van der Waals surface area contributed by atoms with Crippen LogP contribution in [0.5, 0.6) is 0 Å². The molecule has 2 aromatic rings. The molecule has 0 spiro atoms. The van der Waals surface area contributed by atoms with Crippen molar-refractivity contribution in [2.45, 2.75) is 19.4 Å². The van der Waals surface area contributed by atoms with Crippen molar-refractivity contribution >= 4 is 23.2 Å². The number of anilines is 2. The minimum Gasteiger partial charge on any atom is -0.373 e. The molecule has 2 aromatic carbocycles. The molecule has 4 nitrogen and oxygen atoms in total. The van der Waals surface area contributed by atoms with Crippen LogP contribution in [-0.2, 0) is 9.59 Å². The summed E-state index contributed by atoms with van der Waals surface area (Å²) >= 11 is 0. The van der Waals surface area contributed by atoms with Gasteiger partial charge >= 0.3 is 0 Å². The molecule has 1 fully saturated rings. The fraction of sp³-hybridized carbons (Fsp3) is 0.176. The largest absolute Gasteiger partial charge is 0.373 e. The van der Waals surface area contributed by atoms with E-state index in [2.05, 4.69) is 5.32 Å². The van der Waals surface area contributed by atoms with Gasteiger partial charge in [0.2, 0.25) is 5.91 Å². The lowest BCUT2D eigenvalue weighted by Gasteiger charge is -2.16. The summed E-state index contributed by atoms with van der Waals surface area (Å²) in [5, 5.41) is 3.18. The first-order chi connectivity index (χ1) is 10.2. The summed E-state index contributed by atoms with van der Waals surface area (Å²) in [6.45, 7) is 1.97. The molecule has 21 heavy (non-hydrogen) atoms. The number of carbonyl (C=O) groups is 2. The zero-order chi connectivity index (χ0) is 14.8. The molecular formula is C17H16N2O2. The number of carbonyl (C=O) groups excluding carboxylic acids is 2. The number of rotatable bonds is 3. The summed E-state index contributed by atoms with van der Waals surface area (Å²) in [6.07, 6.45) is 0.183. The van der Waals surface area contributed by atoms with Gasteiger partial charge in [0.15, 0.2) is 0 Å². The molecule has 4 heteroatoms. The van der Waals surface area contributed by atoms with Gasteiger partial charge in [-0.1, -0.05) is 36.4 Å². The zero-order valence-corrected chi connectivity index (χ0v) is 11.7. The normalized spacial score (nSPS) is 18.1. The first-order valence-electron chi connectivity index (χ1n) is 6.91.